The SMILES string of the molecule is CN(C)c1ccc(C(=O)NCc2ccc(F)cc2)cn1. The van der Waals surface area contributed by atoms with Gasteiger partial charge in [0, 0.05) is 26.8 Å². The average molecular weight is 273 g/mol. The first-order chi connectivity index (χ1) is 9.56. The molecule has 0 saturated carbocycles. The van der Waals surface area contributed by atoms with Crippen molar-refractivity contribution in [1.82, 2.24) is 10.3 Å². The molecule has 0 aliphatic heterocycles. The van der Waals surface area contributed by atoms with Gasteiger partial charge in [-0.15, -0.1) is 0 Å². The van der Waals surface area contributed by atoms with Crippen LogP contribution in [0.25, 0.3) is 0 Å². The molecule has 0 aliphatic rings. The van der Waals surface area contributed by atoms with Crippen LogP contribution in [0.2, 0.25) is 0 Å². The van der Waals surface area contributed by atoms with Gasteiger partial charge in [-0.05, 0) is 29.8 Å². The summed E-state index contributed by atoms with van der Waals surface area (Å²) in [5, 5.41) is 2.77. The molecule has 0 fully saturated rings. The predicted octanol–water partition coefficient (Wildman–Crippen LogP) is 2.22. The first-order valence-electron chi connectivity index (χ1n) is 6.22. The monoisotopic (exact) mass is 273 g/mol. The molecule has 0 spiro atoms. The summed E-state index contributed by atoms with van der Waals surface area (Å²) in [4.78, 5) is 18.0. The largest absolute Gasteiger partial charge is 0.363 e. The number of halogens is 1. The molecule has 1 heterocycles. The predicted molar refractivity (Wildman–Crippen MR) is 76.1 cm³/mol. The summed E-state index contributed by atoms with van der Waals surface area (Å²) in [5.41, 5.74) is 1.34. The third kappa shape index (κ3) is 3.54. The van der Waals surface area contributed by atoms with Gasteiger partial charge in [0.2, 0.25) is 0 Å². The van der Waals surface area contributed by atoms with Crippen LogP contribution >= 0.6 is 0 Å². The molecule has 0 radical (unpaired) electrons. The standard InChI is InChI=1S/C15H16FN3O/c1-19(2)14-8-5-12(10-17-14)15(20)18-9-11-3-6-13(16)7-4-11/h3-8,10H,9H2,1-2H3,(H,18,20). The molecule has 1 N–H and O–H groups in total. The lowest BCUT2D eigenvalue weighted by Crippen LogP contribution is -2.23. The number of amides is 1. The highest BCUT2D eigenvalue weighted by Gasteiger charge is 2.06. The minimum Gasteiger partial charge on any atom is -0.363 e. The second-order valence-corrected chi connectivity index (χ2v) is 4.61. The zero-order valence-corrected chi connectivity index (χ0v) is 11.4. The molecule has 0 atom stereocenters. The summed E-state index contributed by atoms with van der Waals surface area (Å²) in [6, 6.07) is 9.53. The van der Waals surface area contributed by atoms with Crippen LogP contribution in [0.4, 0.5) is 10.2 Å². The minimum atomic E-state index is -0.288. The number of aromatic nitrogens is 1. The van der Waals surface area contributed by atoms with Crippen LogP contribution < -0.4 is 10.2 Å². The number of anilines is 1. The Hall–Kier alpha value is -2.43. The average Bonchev–Trinajstić information content (AvgIpc) is 2.46. The van der Waals surface area contributed by atoms with E-state index in [9.17, 15) is 9.18 Å². The van der Waals surface area contributed by atoms with Gasteiger partial charge in [0.05, 0.1) is 5.56 Å². The van der Waals surface area contributed by atoms with Gasteiger partial charge in [0.15, 0.2) is 0 Å². The summed E-state index contributed by atoms with van der Waals surface area (Å²) < 4.78 is 12.8. The van der Waals surface area contributed by atoms with Crippen molar-refractivity contribution in [1.29, 1.82) is 0 Å². The van der Waals surface area contributed by atoms with Crippen molar-refractivity contribution in [3.63, 3.8) is 0 Å². The quantitative estimate of drug-likeness (QED) is 0.929. The van der Waals surface area contributed by atoms with Crippen LogP contribution in [0.3, 0.4) is 0 Å². The zero-order valence-electron chi connectivity index (χ0n) is 11.4. The maximum atomic E-state index is 12.8. The topological polar surface area (TPSA) is 45.2 Å². The van der Waals surface area contributed by atoms with Crippen molar-refractivity contribution in [3.05, 3.63) is 59.5 Å². The molecule has 2 aromatic rings. The van der Waals surface area contributed by atoms with E-state index < -0.39 is 0 Å². The first kappa shape index (κ1) is 14.0. The van der Waals surface area contributed by atoms with Crippen LogP contribution in [-0.2, 0) is 6.54 Å². The summed E-state index contributed by atoms with van der Waals surface area (Å²) in [6.07, 6.45) is 1.54. The highest BCUT2D eigenvalue weighted by atomic mass is 19.1. The molecule has 1 amide bonds. The Morgan fingerprint density at radius 2 is 1.90 bits per heavy atom. The molecule has 20 heavy (non-hydrogen) atoms. The molecular weight excluding hydrogens is 257 g/mol. The normalized spacial score (nSPS) is 10.2. The zero-order chi connectivity index (χ0) is 14.5. The summed E-state index contributed by atoms with van der Waals surface area (Å²) >= 11 is 0. The Kier molecular flexibility index (Phi) is 4.30. The fourth-order valence-corrected chi connectivity index (χ4v) is 1.67. The van der Waals surface area contributed by atoms with E-state index in [-0.39, 0.29) is 11.7 Å². The number of hydrogen-bond donors (Lipinski definition) is 1. The smallest absolute Gasteiger partial charge is 0.253 e. The molecule has 0 unspecified atom stereocenters. The van der Waals surface area contributed by atoms with E-state index in [2.05, 4.69) is 10.3 Å². The van der Waals surface area contributed by atoms with Crippen LogP contribution in [-0.4, -0.2) is 25.0 Å². The fraction of sp³-hybridized carbons (Fsp3) is 0.200. The van der Waals surface area contributed by atoms with E-state index >= 15 is 0 Å². The molecule has 1 aromatic carbocycles. The minimum absolute atomic E-state index is 0.202. The molecule has 2 rings (SSSR count). The Balaban J connectivity index is 1.96. The fourth-order valence-electron chi connectivity index (χ4n) is 1.67. The maximum absolute atomic E-state index is 12.8. The second-order valence-electron chi connectivity index (χ2n) is 4.61. The number of pyridine rings is 1. The summed E-state index contributed by atoms with van der Waals surface area (Å²) in [6.45, 7) is 0.356. The Morgan fingerprint density at radius 1 is 1.20 bits per heavy atom. The lowest BCUT2D eigenvalue weighted by molar-refractivity contribution is 0.0950. The summed E-state index contributed by atoms with van der Waals surface area (Å²) in [5.74, 6) is 0.302. The van der Waals surface area contributed by atoms with Crippen LogP contribution in [0.15, 0.2) is 42.6 Å². The second kappa shape index (κ2) is 6.14. The van der Waals surface area contributed by atoms with Gasteiger partial charge in [-0.25, -0.2) is 9.37 Å². The van der Waals surface area contributed by atoms with Crippen molar-refractivity contribution >= 4 is 11.7 Å². The van der Waals surface area contributed by atoms with Gasteiger partial charge in [-0.1, -0.05) is 12.1 Å². The van der Waals surface area contributed by atoms with Gasteiger partial charge in [-0.3, -0.25) is 4.79 Å². The first-order valence-corrected chi connectivity index (χ1v) is 6.22. The van der Waals surface area contributed by atoms with Crippen molar-refractivity contribution in [2.75, 3.05) is 19.0 Å². The molecular formula is C15H16FN3O. The van der Waals surface area contributed by atoms with E-state index in [1.165, 1.54) is 18.3 Å². The van der Waals surface area contributed by atoms with Crippen molar-refractivity contribution in [2.45, 2.75) is 6.54 Å². The van der Waals surface area contributed by atoms with Gasteiger partial charge in [0.25, 0.3) is 5.91 Å². The molecule has 4 nitrogen and oxygen atoms in total. The number of rotatable bonds is 4. The van der Waals surface area contributed by atoms with Crippen molar-refractivity contribution in [2.24, 2.45) is 0 Å². The highest BCUT2D eigenvalue weighted by molar-refractivity contribution is 5.94. The highest BCUT2D eigenvalue weighted by Crippen LogP contribution is 2.08. The molecule has 1 aromatic heterocycles. The third-order valence-corrected chi connectivity index (χ3v) is 2.83. The number of carbonyl (C=O) groups is 1. The van der Waals surface area contributed by atoms with E-state index in [1.807, 2.05) is 19.0 Å². The van der Waals surface area contributed by atoms with E-state index in [0.717, 1.165) is 11.4 Å². The van der Waals surface area contributed by atoms with Crippen LogP contribution in [0, 0.1) is 5.82 Å². The van der Waals surface area contributed by atoms with Gasteiger partial charge in [-0.2, -0.15) is 0 Å². The summed E-state index contributed by atoms with van der Waals surface area (Å²) in [7, 11) is 3.77. The van der Waals surface area contributed by atoms with E-state index in [0.29, 0.717) is 12.1 Å². The van der Waals surface area contributed by atoms with Crippen molar-refractivity contribution < 1.29 is 9.18 Å². The lowest BCUT2D eigenvalue weighted by atomic mass is 10.2. The van der Waals surface area contributed by atoms with E-state index in [4.69, 9.17) is 0 Å². The Labute approximate surface area is 117 Å². The number of nitrogens with zero attached hydrogens (tertiary/aromatic N) is 2. The number of carbonyl (C=O) groups excluding carboxylic acids is 1. The van der Waals surface area contributed by atoms with Gasteiger partial charge >= 0.3 is 0 Å². The number of benzene rings is 1. The van der Waals surface area contributed by atoms with E-state index in [1.54, 1.807) is 24.3 Å². The molecule has 0 aliphatic carbocycles. The number of hydrogen-bond acceptors (Lipinski definition) is 3. The van der Waals surface area contributed by atoms with Crippen LogP contribution in [0.1, 0.15) is 15.9 Å². The van der Waals surface area contributed by atoms with Gasteiger partial charge < -0.3 is 10.2 Å². The van der Waals surface area contributed by atoms with Crippen molar-refractivity contribution in [3.8, 4) is 0 Å². The maximum Gasteiger partial charge on any atom is 0.253 e. The Morgan fingerprint density at radius 3 is 2.45 bits per heavy atom. The lowest BCUT2D eigenvalue weighted by Gasteiger charge is -2.11. The number of nitrogens with one attached hydrogen (secondary N) is 1. The molecule has 0 bridgehead atoms. The van der Waals surface area contributed by atoms with Gasteiger partial charge in [0.1, 0.15) is 11.6 Å². The Bertz CT molecular complexity index is 579. The third-order valence-electron chi connectivity index (χ3n) is 2.83. The molecule has 0 saturated heterocycles. The van der Waals surface area contributed by atoms with Crippen LogP contribution in [0.5, 0.6) is 0 Å². The molecule has 104 valence electrons. The molecule has 5 heteroatoms.